The number of aliphatic hydroxyl groups excluding tert-OH is 3. The normalized spacial score (nSPS) is 31.1. The Hall–Kier alpha value is -1.24. The summed E-state index contributed by atoms with van der Waals surface area (Å²) in [5, 5.41) is 30.6. The molecule has 3 N–H and O–H groups in total. The minimum absolute atomic E-state index is 0.347. The van der Waals surface area contributed by atoms with Crippen LogP contribution in [0, 0.1) is 0 Å². The van der Waals surface area contributed by atoms with Gasteiger partial charge in [-0.25, -0.2) is 0 Å². The molecule has 0 aliphatic heterocycles. The molecule has 2 rings (SSSR count). The summed E-state index contributed by atoms with van der Waals surface area (Å²) in [5.74, 6) is 0. The predicted octanol–water partition coefficient (Wildman–Crippen LogP) is 0.0711. The lowest BCUT2D eigenvalue weighted by atomic mass is 10.1. The van der Waals surface area contributed by atoms with Crippen LogP contribution < -0.4 is 0 Å². The Bertz CT molecular complexity index is 436. The van der Waals surface area contributed by atoms with Gasteiger partial charge in [-0.2, -0.15) is 5.06 Å². The highest BCUT2D eigenvalue weighted by molar-refractivity contribution is 5.23. The summed E-state index contributed by atoms with van der Waals surface area (Å²) in [5.41, 5.74) is 1.35. The van der Waals surface area contributed by atoms with E-state index in [1.54, 1.807) is 7.05 Å². The van der Waals surface area contributed by atoms with Crippen molar-refractivity contribution in [3.8, 4) is 0 Å². The molecular weight excluding hydrogens is 246 g/mol. The maximum atomic E-state index is 9.87. The van der Waals surface area contributed by atoms with Gasteiger partial charge < -0.3 is 15.3 Å². The Morgan fingerprint density at radius 2 is 1.79 bits per heavy atom. The van der Waals surface area contributed by atoms with Crippen LogP contribution in [0.1, 0.15) is 5.56 Å². The number of aliphatic hydroxyl groups is 3. The quantitative estimate of drug-likeness (QED) is 0.531. The Morgan fingerprint density at radius 3 is 2.32 bits per heavy atom. The van der Waals surface area contributed by atoms with Crippen molar-refractivity contribution in [2.45, 2.75) is 31.0 Å². The Labute approximate surface area is 112 Å². The lowest BCUT2D eigenvalue weighted by molar-refractivity contribution is -0.189. The zero-order chi connectivity index (χ0) is 14.0. The zero-order valence-electron chi connectivity index (χ0n) is 10.8. The molecular formula is C14H19NO4. The van der Waals surface area contributed by atoms with Crippen molar-refractivity contribution < 1.29 is 20.2 Å². The first kappa shape index (κ1) is 14.2. The van der Waals surface area contributed by atoms with E-state index in [4.69, 9.17) is 4.84 Å². The molecule has 1 fully saturated rings. The smallest absolute Gasteiger partial charge is 0.112 e. The molecule has 0 saturated heterocycles. The SMILES string of the molecule is C=C1[C@@H](O)[C@@H](O)[C@@H](O)[C@@H]1N(C)OCc1ccccc1. The number of benzene rings is 1. The van der Waals surface area contributed by atoms with Gasteiger partial charge in [0.25, 0.3) is 0 Å². The fourth-order valence-corrected chi connectivity index (χ4v) is 2.27. The number of hydrogen-bond donors (Lipinski definition) is 3. The maximum Gasteiger partial charge on any atom is 0.112 e. The van der Waals surface area contributed by atoms with Crippen molar-refractivity contribution >= 4 is 0 Å². The molecule has 0 aromatic heterocycles. The first-order valence-electron chi connectivity index (χ1n) is 6.15. The van der Waals surface area contributed by atoms with Crippen LogP contribution in [0.25, 0.3) is 0 Å². The molecule has 0 spiro atoms. The Morgan fingerprint density at radius 1 is 1.16 bits per heavy atom. The standard InChI is InChI=1S/C14H19NO4/c1-9-11(13(17)14(18)12(9)16)15(2)19-8-10-6-4-3-5-7-10/h3-7,11-14,16-18H,1,8H2,2H3/t11-,12-,13+,14-/m1/s1. The van der Waals surface area contributed by atoms with Crippen LogP contribution in [0.3, 0.4) is 0 Å². The second-order valence-electron chi connectivity index (χ2n) is 4.75. The Balaban J connectivity index is 1.97. The summed E-state index contributed by atoms with van der Waals surface area (Å²) in [7, 11) is 1.65. The van der Waals surface area contributed by atoms with Gasteiger partial charge in [0.1, 0.15) is 18.3 Å². The summed E-state index contributed by atoms with van der Waals surface area (Å²) in [6.07, 6.45) is -3.45. The molecule has 5 nitrogen and oxygen atoms in total. The monoisotopic (exact) mass is 265 g/mol. The summed E-state index contributed by atoms with van der Waals surface area (Å²) in [6, 6.07) is 8.98. The number of hydroxylamine groups is 2. The van der Waals surface area contributed by atoms with Crippen molar-refractivity contribution in [2.24, 2.45) is 0 Å². The first-order valence-corrected chi connectivity index (χ1v) is 6.15. The topological polar surface area (TPSA) is 73.2 Å². The molecule has 0 unspecified atom stereocenters. The van der Waals surface area contributed by atoms with Crippen LogP contribution in [-0.4, -0.2) is 51.8 Å². The number of likely N-dealkylation sites (N-methyl/N-ethyl adjacent to an activating group) is 1. The van der Waals surface area contributed by atoms with Crippen molar-refractivity contribution in [1.82, 2.24) is 5.06 Å². The molecule has 1 saturated carbocycles. The molecule has 4 atom stereocenters. The molecule has 1 aliphatic rings. The highest BCUT2D eigenvalue weighted by Crippen LogP contribution is 2.29. The number of hydrogen-bond acceptors (Lipinski definition) is 5. The first-order chi connectivity index (χ1) is 9.02. The van der Waals surface area contributed by atoms with E-state index in [9.17, 15) is 15.3 Å². The molecule has 19 heavy (non-hydrogen) atoms. The molecule has 0 amide bonds. The van der Waals surface area contributed by atoms with Gasteiger partial charge in [-0.05, 0) is 11.1 Å². The van der Waals surface area contributed by atoms with Crippen molar-refractivity contribution in [1.29, 1.82) is 0 Å². The van der Waals surface area contributed by atoms with Crippen molar-refractivity contribution in [3.63, 3.8) is 0 Å². The van der Waals surface area contributed by atoms with Crippen LogP contribution in [0.2, 0.25) is 0 Å². The van der Waals surface area contributed by atoms with Gasteiger partial charge in [0.15, 0.2) is 0 Å². The highest BCUT2D eigenvalue weighted by atomic mass is 16.7. The third-order valence-electron chi connectivity index (χ3n) is 3.43. The third-order valence-corrected chi connectivity index (χ3v) is 3.43. The van der Waals surface area contributed by atoms with Gasteiger partial charge in [0.05, 0.1) is 12.6 Å². The molecule has 0 radical (unpaired) electrons. The summed E-state index contributed by atoms with van der Waals surface area (Å²) in [6.45, 7) is 4.05. The predicted molar refractivity (Wildman–Crippen MR) is 69.9 cm³/mol. The van der Waals surface area contributed by atoms with Crippen LogP contribution >= 0.6 is 0 Å². The van der Waals surface area contributed by atoms with Crippen LogP contribution in [0.5, 0.6) is 0 Å². The van der Waals surface area contributed by atoms with E-state index in [-0.39, 0.29) is 0 Å². The van der Waals surface area contributed by atoms with Crippen LogP contribution in [0.15, 0.2) is 42.5 Å². The van der Waals surface area contributed by atoms with Gasteiger partial charge in [-0.15, -0.1) is 0 Å². The average Bonchev–Trinajstić information content (AvgIpc) is 2.62. The van der Waals surface area contributed by atoms with Crippen LogP contribution in [0.4, 0.5) is 0 Å². The third kappa shape index (κ3) is 2.86. The minimum Gasteiger partial charge on any atom is -0.388 e. The van der Waals surface area contributed by atoms with Crippen molar-refractivity contribution in [3.05, 3.63) is 48.0 Å². The molecule has 104 valence electrons. The van der Waals surface area contributed by atoms with Gasteiger partial charge in [-0.3, -0.25) is 4.84 Å². The molecule has 5 heteroatoms. The molecule has 1 aromatic rings. The van der Waals surface area contributed by atoms with E-state index < -0.39 is 24.4 Å². The van der Waals surface area contributed by atoms with E-state index in [0.29, 0.717) is 12.2 Å². The summed E-state index contributed by atoms with van der Waals surface area (Å²) in [4.78, 5) is 5.54. The van der Waals surface area contributed by atoms with Gasteiger partial charge in [-0.1, -0.05) is 36.9 Å². The highest BCUT2D eigenvalue weighted by Gasteiger charge is 2.46. The fraction of sp³-hybridized carbons (Fsp3) is 0.429. The minimum atomic E-state index is -1.22. The van der Waals surface area contributed by atoms with E-state index in [1.807, 2.05) is 30.3 Å². The maximum absolute atomic E-state index is 9.87. The van der Waals surface area contributed by atoms with Crippen LogP contribution in [-0.2, 0) is 11.4 Å². The summed E-state index contributed by atoms with van der Waals surface area (Å²) >= 11 is 0. The second kappa shape index (κ2) is 5.81. The summed E-state index contributed by atoms with van der Waals surface area (Å²) < 4.78 is 0. The van der Waals surface area contributed by atoms with Gasteiger partial charge in [0.2, 0.25) is 0 Å². The lowest BCUT2D eigenvalue weighted by Gasteiger charge is -2.27. The Kier molecular flexibility index (Phi) is 4.34. The second-order valence-corrected chi connectivity index (χ2v) is 4.75. The largest absolute Gasteiger partial charge is 0.388 e. The van der Waals surface area contributed by atoms with E-state index in [0.717, 1.165) is 5.56 Å². The lowest BCUT2D eigenvalue weighted by Crippen LogP contribution is -2.41. The zero-order valence-corrected chi connectivity index (χ0v) is 10.8. The van der Waals surface area contributed by atoms with Crippen molar-refractivity contribution in [2.75, 3.05) is 7.05 Å². The molecule has 0 heterocycles. The number of nitrogens with zero attached hydrogens (tertiary/aromatic N) is 1. The van der Waals surface area contributed by atoms with E-state index in [1.165, 1.54) is 5.06 Å². The molecule has 1 aromatic carbocycles. The average molecular weight is 265 g/mol. The van der Waals surface area contributed by atoms with E-state index >= 15 is 0 Å². The number of rotatable bonds is 4. The molecule has 0 bridgehead atoms. The fourth-order valence-electron chi connectivity index (χ4n) is 2.27. The van der Waals surface area contributed by atoms with Gasteiger partial charge in [0, 0.05) is 7.05 Å². The van der Waals surface area contributed by atoms with Gasteiger partial charge >= 0.3 is 0 Å². The molecule has 1 aliphatic carbocycles. The van der Waals surface area contributed by atoms with E-state index in [2.05, 4.69) is 6.58 Å².